The van der Waals surface area contributed by atoms with Gasteiger partial charge in [0.1, 0.15) is 23.0 Å². The monoisotopic (exact) mass is 678 g/mol. The summed E-state index contributed by atoms with van der Waals surface area (Å²) < 4.78 is 12.7. The molecule has 1 amide bonds. The minimum absolute atomic E-state index is 0.0133. The van der Waals surface area contributed by atoms with E-state index in [1.165, 1.54) is 18.2 Å². The molecule has 12 heteroatoms. The van der Waals surface area contributed by atoms with Crippen LogP contribution >= 0.6 is 23.2 Å². The zero-order valence-corrected chi connectivity index (χ0v) is 26.4. The molecule has 48 heavy (non-hydrogen) atoms. The first kappa shape index (κ1) is 31.0. The molecule has 2 aliphatic heterocycles. The van der Waals surface area contributed by atoms with E-state index in [9.17, 15) is 19.8 Å². The van der Waals surface area contributed by atoms with Gasteiger partial charge in [0.25, 0.3) is 5.91 Å². The van der Waals surface area contributed by atoms with Gasteiger partial charge in [0.2, 0.25) is 0 Å². The van der Waals surface area contributed by atoms with Gasteiger partial charge in [-0.2, -0.15) is 0 Å². The van der Waals surface area contributed by atoms with Crippen LogP contribution < -0.4 is 10.1 Å². The molecule has 3 N–H and O–H groups in total. The Balaban J connectivity index is 1.51. The minimum Gasteiger partial charge on any atom is -0.507 e. The molecular weight excluding hydrogens is 655 g/mol. The molecule has 7 rings (SSSR count). The third kappa shape index (κ3) is 4.94. The number of phenols is 2. The normalized spacial score (nSPS) is 13.4. The van der Waals surface area contributed by atoms with Gasteiger partial charge in [-0.1, -0.05) is 89.0 Å². The van der Waals surface area contributed by atoms with Crippen molar-refractivity contribution in [3.8, 4) is 45.3 Å². The maximum absolute atomic E-state index is 13.9. The van der Waals surface area contributed by atoms with Gasteiger partial charge in [0, 0.05) is 58.0 Å². The van der Waals surface area contributed by atoms with E-state index in [1.54, 1.807) is 12.1 Å². The van der Waals surface area contributed by atoms with Crippen molar-refractivity contribution in [1.82, 2.24) is 5.32 Å². The topological polar surface area (TPSA) is 154 Å². The number of rotatable bonds is 7. The predicted octanol–water partition coefficient (Wildman–Crippen LogP) is 8.74. The largest absolute Gasteiger partial charge is 0.507 e. The molecule has 0 saturated heterocycles. The molecule has 2 aliphatic rings. The minimum atomic E-state index is -1.83. The van der Waals surface area contributed by atoms with Gasteiger partial charge in [0.15, 0.2) is 5.60 Å². The van der Waals surface area contributed by atoms with E-state index < -0.39 is 17.5 Å². The van der Waals surface area contributed by atoms with E-state index in [4.69, 9.17) is 38.2 Å². The number of halogens is 2. The summed E-state index contributed by atoms with van der Waals surface area (Å²) in [6.45, 7) is 0.365. The molecule has 0 atom stereocenters. The number of amides is 1. The molecule has 0 saturated carbocycles. The van der Waals surface area contributed by atoms with E-state index in [2.05, 4.69) is 15.3 Å². The van der Waals surface area contributed by atoms with Crippen LogP contribution in [0.2, 0.25) is 10.0 Å². The number of nitrogens with zero attached hydrogens (tertiary/aromatic N) is 3. The Kier molecular flexibility index (Phi) is 7.85. The van der Waals surface area contributed by atoms with E-state index in [0.717, 1.165) is 0 Å². The highest BCUT2D eigenvalue weighted by Crippen LogP contribution is 2.61. The molecule has 238 valence electrons. The van der Waals surface area contributed by atoms with Crippen LogP contribution in [0.1, 0.15) is 43.8 Å². The Hall–Kier alpha value is -5.67. The highest BCUT2D eigenvalue weighted by Gasteiger charge is 2.57. The lowest BCUT2D eigenvalue weighted by atomic mass is 9.75. The number of carbonyl (C=O) groups is 2. The third-order valence-electron chi connectivity index (χ3n) is 8.39. The first-order valence-corrected chi connectivity index (χ1v) is 15.6. The number of carbonyl (C=O) groups excluding carboxylic acids is 2. The number of phenolic OH excluding ortho intramolecular Hbond substituents is 2. The van der Waals surface area contributed by atoms with Crippen molar-refractivity contribution in [2.24, 2.45) is 5.11 Å². The van der Waals surface area contributed by atoms with Crippen LogP contribution in [0.25, 0.3) is 32.7 Å². The fourth-order valence-electron chi connectivity index (χ4n) is 6.25. The third-order valence-corrected chi connectivity index (χ3v) is 9.08. The van der Waals surface area contributed by atoms with Crippen LogP contribution in [0.15, 0.2) is 96.1 Å². The molecule has 5 aromatic rings. The van der Waals surface area contributed by atoms with Crippen molar-refractivity contribution in [3.63, 3.8) is 0 Å². The fourth-order valence-corrected chi connectivity index (χ4v) is 6.90. The molecule has 10 nitrogen and oxygen atoms in total. The average molecular weight is 680 g/mol. The molecule has 0 fully saturated rings. The van der Waals surface area contributed by atoms with Gasteiger partial charge in [0.05, 0.1) is 21.2 Å². The number of esters is 1. The van der Waals surface area contributed by atoms with Crippen LogP contribution in [0.5, 0.6) is 23.0 Å². The quantitative estimate of drug-likeness (QED) is 0.0514. The van der Waals surface area contributed by atoms with E-state index >= 15 is 0 Å². The summed E-state index contributed by atoms with van der Waals surface area (Å²) in [5.41, 5.74) is 9.60. The SMILES string of the molecule is [N-]=[N+]=NCCCNC(=O)c1cc(Cl)c2c(c1Cl)C1(OC2=O)c2cc(-c3ccccc3)c(O)cc2Oc2cc(O)c(-c3ccccc3)cc21. The Bertz CT molecular complexity index is 2090. The molecule has 0 radical (unpaired) electrons. The van der Waals surface area contributed by atoms with Gasteiger partial charge >= 0.3 is 5.97 Å². The molecule has 0 unspecified atom stereocenters. The van der Waals surface area contributed by atoms with Crippen LogP contribution in [0.4, 0.5) is 0 Å². The van der Waals surface area contributed by atoms with Crippen molar-refractivity contribution in [1.29, 1.82) is 0 Å². The summed E-state index contributed by atoms with van der Waals surface area (Å²) in [4.78, 5) is 30.1. The van der Waals surface area contributed by atoms with Crippen molar-refractivity contribution in [3.05, 3.63) is 139 Å². The highest BCUT2D eigenvalue weighted by molar-refractivity contribution is 6.39. The zero-order chi connectivity index (χ0) is 33.6. The Morgan fingerprint density at radius 2 is 1.44 bits per heavy atom. The molecule has 0 aliphatic carbocycles. The van der Waals surface area contributed by atoms with Crippen molar-refractivity contribution in [2.45, 2.75) is 12.0 Å². The molecule has 5 aromatic carbocycles. The predicted molar refractivity (Wildman–Crippen MR) is 180 cm³/mol. The zero-order valence-electron chi connectivity index (χ0n) is 24.9. The second kappa shape index (κ2) is 12.2. The van der Waals surface area contributed by atoms with Gasteiger partial charge < -0.3 is 25.0 Å². The van der Waals surface area contributed by atoms with Gasteiger partial charge in [-0.25, -0.2) is 4.79 Å². The lowest BCUT2D eigenvalue weighted by molar-refractivity contribution is 0.0224. The summed E-state index contributed by atoms with van der Waals surface area (Å²) in [5.74, 6) is -1.31. The summed E-state index contributed by atoms with van der Waals surface area (Å²) in [6, 6.07) is 25.7. The fraction of sp³-hybridized carbons (Fsp3) is 0.111. The molecule has 1 spiro atoms. The van der Waals surface area contributed by atoms with Crippen molar-refractivity contribution in [2.75, 3.05) is 13.1 Å². The summed E-state index contributed by atoms with van der Waals surface area (Å²) >= 11 is 13.9. The lowest BCUT2D eigenvalue weighted by Gasteiger charge is -2.38. The van der Waals surface area contributed by atoms with Gasteiger partial charge in [-0.05, 0) is 41.3 Å². The summed E-state index contributed by atoms with van der Waals surface area (Å²) in [6.07, 6.45) is 0.382. The number of azide groups is 1. The van der Waals surface area contributed by atoms with Crippen LogP contribution in [-0.4, -0.2) is 35.2 Å². The van der Waals surface area contributed by atoms with Gasteiger partial charge in [-0.3, -0.25) is 4.79 Å². The first-order valence-electron chi connectivity index (χ1n) is 14.8. The number of ether oxygens (including phenoxy) is 2. The average Bonchev–Trinajstić information content (AvgIpc) is 3.40. The Morgan fingerprint density at radius 3 is 1.98 bits per heavy atom. The highest BCUT2D eigenvalue weighted by atomic mass is 35.5. The number of benzene rings is 5. The van der Waals surface area contributed by atoms with E-state index in [1.807, 2.05) is 60.7 Å². The second-order valence-electron chi connectivity index (χ2n) is 11.2. The number of hydrogen-bond donors (Lipinski definition) is 3. The molecule has 0 aromatic heterocycles. The standard InChI is InChI=1S/C36H24Cl2N4O6/c37-26-16-23(34(45)40-12-7-13-41-42-39)33(38)32-31(26)35(46)48-36(32)24-14-21(19-8-3-1-4-9-19)27(43)17-29(24)47-30-18-28(44)22(15-25(30)36)20-10-5-2-6-11-20/h1-6,8-11,14-18,43-44H,7,12-13H2,(H,40,45). The smallest absolute Gasteiger partial charge is 0.341 e. The van der Waals surface area contributed by atoms with Crippen LogP contribution in [-0.2, 0) is 10.3 Å². The molecule has 0 bridgehead atoms. The Morgan fingerprint density at radius 1 is 0.875 bits per heavy atom. The van der Waals surface area contributed by atoms with Crippen LogP contribution in [0, 0.1) is 0 Å². The molecule has 2 heterocycles. The molecular formula is C36H24Cl2N4O6. The maximum Gasteiger partial charge on any atom is 0.341 e. The van der Waals surface area contributed by atoms with Gasteiger partial charge in [-0.15, -0.1) is 0 Å². The Labute approximate surface area is 283 Å². The van der Waals surface area contributed by atoms with Crippen molar-refractivity contribution >= 4 is 35.1 Å². The second-order valence-corrected chi connectivity index (χ2v) is 12.0. The number of fused-ring (bicyclic) bond motifs is 6. The number of aromatic hydroxyl groups is 2. The summed E-state index contributed by atoms with van der Waals surface area (Å²) in [5, 5.41) is 28.4. The van der Waals surface area contributed by atoms with Crippen LogP contribution in [0.3, 0.4) is 0 Å². The van der Waals surface area contributed by atoms with E-state index in [-0.39, 0.29) is 62.8 Å². The van der Waals surface area contributed by atoms with Crippen molar-refractivity contribution < 1.29 is 29.3 Å². The number of hydrogen-bond acceptors (Lipinski definition) is 7. The maximum atomic E-state index is 13.9. The lowest BCUT2D eigenvalue weighted by Crippen LogP contribution is -2.34. The summed E-state index contributed by atoms with van der Waals surface area (Å²) in [7, 11) is 0. The van der Waals surface area contributed by atoms with E-state index in [0.29, 0.717) is 39.8 Å². The number of nitrogens with one attached hydrogen (secondary N) is 1. The first-order chi connectivity index (χ1) is 23.2.